The lowest BCUT2D eigenvalue weighted by Crippen LogP contribution is -2.11. The van der Waals surface area contributed by atoms with Crippen molar-refractivity contribution in [2.75, 3.05) is 11.9 Å². The molecule has 2 aliphatic rings. The van der Waals surface area contributed by atoms with E-state index < -0.39 is 5.97 Å². The van der Waals surface area contributed by atoms with Crippen molar-refractivity contribution in [3.8, 4) is 0 Å². The van der Waals surface area contributed by atoms with E-state index in [9.17, 15) is 4.79 Å². The lowest BCUT2D eigenvalue weighted by molar-refractivity contribution is 0.0697. The first kappa shape index (κ1) is 14.2. The Balaban J connectivity index is 1.66. The number of hydrogen-bond donors (Lipinski definition) is 1. The monoisotopic (exact) mass is 308 g/mol. The van der Waals surface area contributed by atoms with Crippen molar-refractivity contribution in [1.29, 1.82) is 0 Å². The molecule has 0 aliphatic heterocycles. The van der Waals surface area contributed by atoms with Gasteiger partial charge in [0.2, 0.25) is 0 Å². The van der Waals surface area contributed by atoms with E-state index in [2.05, 4.69) is 17.0 Å². The molecule has 1 aromatic carbocycles. The van der Waals surface area contributed by atoms with Crippen molar-refractivity contribution in [3.05, 3.63) is 53.3 Å². The van der Waals surface area contributed by atoms with Crippen molar-refractivity contribution in [2.24, 2.45) is 0 Å². The summed E-state index contributed by atoms with van der Waals surface area (Å²) in [6.07, 6.45) is 4.99. The SMILES string of the molecule is CN(c1ccc(C(=O)O)cc1)c1cc(C2CC2)nc(C2CC2)c1. The molecule has 118 valence electrons. The van der Waals surface area contributed by atoms with Crippen LogP contribution in [0.2, 0.25) is 0 Å². The van der Waals surface area contributed by atoms with Crippen molar-refractivity contribution < 1.29 is 9.90 Å². The molecule has 23 heavy (non-hydrogen) atoms. The average molecular weight is 308 g/mol. The van der Waals surface area contributed by atoms with Crippen LogP contribution in [0, 0.1) is 0 Å². The molecule has 2 aromatic rings. The zero-order chi connectivity index (χ0) is 16.0. The van der Waals surface area contributed by atoms with Crippen LogP contribution >= 0.6 is 0 Å². The number of carboxylic acid groups (broad SMARTS) is 1. The Morgan fingerprint density at radius 1 is 1.00 bits per heavy atom. The van der Waals surface area contributed by atoms with Crippen LogP contribution in [-0.4, -0.2) is 23.1 Å². The van der Waals surface area contributed by atoms with Crippen LogP contribution in [0.15, 0.2) is 36.4 Å². The van der Waals surface area contributed by atoms with Crippen LogP contribution in [0.4, 0.5) is 11.4 Å². The number of benzene rings is 1. The molecule has 4 heteroatoms. The average Bonchev–Trinajstić information content (AvgIpc) is 3.46. The summed E-state index contributed by atoms with van der Waals surface area (Å²) in [4.78, 5) is 18.0. The highest BCUT2D eigenvalue weighted by molar-refractivity contribution is 5.88. The van der Waals surface area contributed by atoms with E-state index >= 15 is 0 Å². The summed E-state index contributed by atoms with van der Waals surface area (Å²) in [6, 6.07) is 11.4. The fourth-order valence-corrected chi connectivity index (χ4v) is 2.91. The highest BCUT2D eigenvalue weighted by atomic mass is 16.4. The van der Waals surface area contributed by atoms with Crippen LogP contribution in [-0.2, 0) is 0 Å². The molecule has 1 heterocycles. The maximum Gasteiger partial charge on any atom is 0.335 e. The van der Waals surface area contributed by atoms with E-state index in [0.717, 1.165) is 11.4 Å². The second-order valence-corrected chi connectivity index (χ2v) is 6.63. The fraction of sp³-hybridized carbons (Fsp3) is 0.368. The van der Waals surface area contributed by atoms with Gasteiger partial charge in [-0.3, -0.25) is 4.98 Å². The summed E-state index contributed by atoms with van der Waals surface area (Å²) >= 11 is 0. The standard InChI is InChI=1S/C19H20N2O2/c1-21(15-8-6-14(7-9-15)19(22)23)16-10-17(12-2-3-12)20-18(11-16)13-4-5-13/h6-13H,2-5H2,1H3,(H,22,23). The lowest BCUT2D eigenvalue weighted by Gasteiger charge is -2.21. The third kappa shape index (κ3) is 2.93. The molecule has 0 amide bonds. The molecule has 2 fully saturated rings. The van der Waals surface area contributed by atoms with Crippen LogP contribution in [0.25, 0.3) is 0 Å². The van der Waals surface area contributed by atoms with Gasteiger partial charge in [-0.1, -0.05) is 0 Å². The summed E-state index contributed by atoms with van der Waals surface area (Å²) in [6.45, 7) is 0. The molecule has 2 aliphatic carbocycles. The first-order valence-corrected chi connectivity index (χ1v) is 8.21. The molecule has 4 nitrogen and oxygen atoms in total. The van der Waals surface area contributed by atoms with Gasteiger partial charge in [-0.15, -0.1) is 0 Å². The minimum atomic E-state index is -0.893. The molecule has 0 spiro atoms. The minimum absolute atomic E-state index is 0.314. The third-order valence-electron chi connectivity index (χ3n) is 4.73. The van der Waals surface area contributed by atoms with E-state index in [1.54, 1.807) is 12.1 Å². The minimum Gasteiger partial charge on any atom is -0.478 e. The van der Waals surface area contributed by atoms with E-state index in [-0.39, 0.29) is 0 Å². The lowest BCUT2D eigenvalue weighted by atomic mass is 10.1. The normalized spacial score (nSPS) is 17.1. The van der Waals surface area contributed by atoms with Crippen molar-refractivity contribution in [2.45, 2.75) is 37.5 Å². The van der Waals surface area contributed by atoms with E-state index in [0.29, 0.717) is 17.4 Å². The second kappa shape index (κ2) is 5.37. The van der Waals surface area contributed by atoms with Crippen LogP contribution < -0.4 is 4.90 Å². The zero-order valence-corrected chi connectivity index (χ0v) is 13.2. The van der Waals surface area contributed by atoms with Crippen molar-refractivity contribution in [3.63, 3.8) is 0 Å². The first-order chi connectivity index (χ1) is 11.1. The van der Waals surface area contributed by atoms with Gasteiger partial charge in [0.1, 0.15) is 0 Å². The third-order valence-corrected chi connectivity index (χ3v) is 4.73. The molecule has 2 saturated carbocycles. The Morgan fingerprint density at radius 2 is 1.52 bits per heavy atom. The van der Waals surface area contributed by atoms with Gasteiger partial charge < -0.3 is 10.0 Å². The van der Waals surface area contributed by atoms with Gasteiger partial charge in [-0.2, -0.15) is 0 Å². The first-order valence-electron chi connectivity index (χ1n) is 8.21. The second-order valence-electron chi connectivity index (χ2n) is 6.63. The highest BCUT2D eigenvalue weighted by Gasteiger charge is 2.30. The molecule has 0 bridgehead atoms. The summed E-state index contributed by atoms with van der Waals surface area (Å²) < 4.78 is 0. The number of carboxylic acids is 1. The summed E-state index contributed by atoms with van der Waals surface area (Å²) in [5.41, 5.74) is 4.89. The van der Waals surface area contributed by atoms with Gasteiger partial charge in [-0.25, -0.2) is 4.79 Å². The molecule has 0 radical (unpaired) electrons. The smallest absolute Gasteiger partial charge is 0.335 e. The summed E-state index contributed by atoms with van der Waals surface area (Å²) in [5, 5.41) is 9.02. The zero-order valence-electron chi connectivity index (χ0n) is 13.2. The van der Waals surface area contributed by atoms with Gasteiger partial charge in [0, 0.05) is 41.6 Å². The quantitative estimate of drug-likeness (QED) is 0.894. The molecule has 4 rings (SSSR count). The van der Waals surface area contributed by atoms with Gasteiger partial charge in [0.05, 0.1) is 5.56 Å². The Morgan fingerprint density at radius 3 is 1.96 bits per heavy atom. The maximum absolute atomic E-state index is 11.0. The van der Waals surface area contributed by atoms with Crippen molar-refractivity contribution >= 4 is 17.3 Å². The number of aromatic carboxylic acids is 1. The van der Waals surface area contributed by atoms with Gasteiger partial charge >= 0.3 is 5.97 Å². The number of hydrogen-bond acceptors (Lipinski definition) is 3. The fourth-order valence-electron chi connectivity index (χ4n) is 2.91. The number of rotatable bonds is 5. The number of pyridine rings is 1. The number of anilines is 2. The predicted molar refractivity (Wildman–Crippen MR) is 89.7 cm³/mol. The largest absolute Gasteiger partial charge is 0.478 e. The molecule has 0 unspecified atom stereocenters. The maximum atomic E-state index is 11.0. The highest BCUT2D eigenvalue weighted by Crippen LogP contribution is 2.45. The van der Waals surface area contributed by atoms with Gasteiger partial charge in [0.15, 0.2) is 0 Å². The topological polar surface area (TPSA) is 53.4 Å². The Kier molecular flexibility index (Phi) is 3.33. The van der Waals surface area contributed by atoms with Crippen LogP contribution in [0.1, 0.15) is 59.3 Å². The van der Waals surface area contributed by atoms with Crippen molar-refractivity contribution in [1.82, 2.24) is 4.98 Å². The Labute approximate surface area is 135 Å². The van der Waals surface area contributed by atoms with Crippen LogP contribution in [0.5, 0.6) is 0 Å². The molecule has 0 saturated heterocycles. The Bertz CT molecular complexity index is 716. The summed E-state index contributed by atoms with van der Waals surface area (Å²) in [5.74, 6) is 0.376. The molecule has 1 N–H and O–H groups in total. The van der Waals surface area contributed by atoms with E-state index in [4.69, 9.17) is 10.1 Å². The van der Waals surface area contributed by atoms with E-state index in [1.807, 2.05) is 19.2 Å². The number of aromatic nitrogens is 1. The van der Waals surface area contributed by atoms with Crippen LogP contribution in [0.3, 0.4) is 0 Å². The molecule has 1 aromatic heterocycles. The van der Waals surface area contributed by atoms with Gasteiger partial charge in [-0.05, 0) is 62.1 Å². The predicted octanol–water partition coefficient (Wildman–Crippen LogP) is 4.30. The van der Waals surface area contributed by atoms with Gasteiger partial charge in [0.25, 0.3) is 0 Å². The number of nitrogens with zero attached hydrogens (tertiary/aromatic N) is 2. The van der Waals surface area contributed by atoms with E-state index in [1.165, 1.54) is 37.1 Å². The summed E-state index contributed by atoms with van der Waals surface area (Å²) in [7, 11) is 2.03. The number of carbonyl (C=O) groups is 1. The Hall–Kier alpha value is -2.36. The molecule has 0 atom stereocenters. The molecular weight excluding hydrogens is 288 g/mol. The molecular formula is C19H20N2O2.